The number of unbranched alkanes of at least 4 members (excludes halogenated alkanes) is 20. The molecule has 0 aliphatic carbocycles. The maximum Gasteiger partial charge on any atom is 2.00 e. The molecule has 0 fully saturated rings. The monoisotopic (exact) mass is 1080 g/mol. The molecule has 0 saturated heterocycles. The minimum atomic E-state index is -4.80. The first-order valence-corrected chi connectivity index (χ1v) is 28.8. The van der Waals surface area contributed by atoms with Crippen molar-refractivity contribution >= 4 is 81.9 Å². The van der Waals surface area contributed by atoms with Crippen molar-refractivity contribution in [3.8, 4) is 0 Å². The quantitative estimate of drug-likeness (QED) is 0.0152. The average molecular weight is 1080 g/mol. The van der Waals surface area contributed by atoms with E-state index in [1.165, 1.54) is 0 Å². The van der Waals surface area contributed by atoms with E-state index in [1.807, 2.05) is 52.0 Å². The third kappa shape index (κ3) is 33.8. The summed E-state index contributed by atoms with van der Waals surface area (Å²) in [6.45, 7) is 8.67. The number of benzene rings is 2. The van der Waals surface area contributed by atoms with E-state index in [1.54, 1.807) is 0 Å². The normalized spacial score (nSPS) is 11.7. The van der Waals surface area contributed by atoms with Crippen LogP contribution in [0.5, 0.6) is 0 Å². The molecule has 0 heterocycles. The molecule has 0 aliphatic heterocycles. The largest absolute Gasteiger partial charge is 2.00 e. The minimum absolute atomic E-state index is 0. The van der Waals surface area contributed by atoms with Crippen LogP contribution in [0.2, 0.25) is 0 Å². The predicted molar refractivity (Wildman–Crippen MR) is 286 cm³/mol. The van der Waals surface area contributed by atoms with Gasteiger partial charge in [0.05, 0.1) is 58.5 Å². The number of esters is 4. The van der Waals surface area contributed by atoms with Crippen molar-refractivity contribution in [2.45, 2.75) is 192 Å². The van der Waals surface area contributed by atoms with Gasteiger partial charge >= 0.3 is 61.6 Å². The second-order valence-electron chi connectivity index (χ2n) is 17.4. The van der Waals surface area contributed by atoms with Crippen molar-refractivity contribution in [3.05, 3.63) is 107 Å². The van der Waals surface area contributed by atoms with Gasteiger partial charge in [-0.2, -0.15) is 0 Å². The summed E-state index contributed by atoms with van der Waals surface area (Å²) in [5.41, 5.74) is -0.759. The van der Waals surface area contributed by atoms with E-state index in [2.05, 4.69) is 24.3 Å². The van der Waals surface area contributed by atoms with Crippen molar-refractivity contribution < 1.29 is 64.1 Å². The molecular weight excluding hydrogens is 1000 g/mol. The summed E-state index contributed by atoms with van der Waals surface area (Å²) < 4.78 is 89.8. The van der Waals surface area contributed by atoms with Gasteiger partial charge in [0.1, 0.15) is 20.2 Å². The summed E-state index contributed by atoms with van der Waals surface area (Å²) >= 11 is 0. The number of ether oxygens (including phenoxy) is 4. The topological polar surface area (TPSA) is 220 Å². The van der Waals surface area contributed by atoms with Crippen LogP contribution < -0.4 is 0 Å². The number of rotatable bonds is 38. The van der Waals surface area contributed by atoms with Crippen LogP contribution >= 0.6 is 0 Å². The molecule has 404 valence electrons. The summed E-state index contributed by atoms with van der Waals surface area (Å²) in [6, 6.07) is 6.08. The maximum atomic E-state index is 12.6. The Labute approximate surface area is 467 Å². The molecule has 0 saturated carbocycles. The van der Waals surface area contributed by atoms with Crippen LogP contribution in [0.1, 0.15) is 223 Å². The van der Waals surface area contributed by atoms with Crippen LogP contribution in [0, 0.1) is 0 Å². The molecule has 0 radical (unpaired) electrons. The van der Waals surface area contributed by atoms with E-state index in [9.17, 15) is 45.1 Å². The molecule has 2 aromatic rings. The molecule has 0 aromatic heterocycles. The summed E-state index contributed by atoms with van der Waals surface area (Å²) in [7, 11) is -9.60. The van der Waals surface area contributed by atoms with Gasteiger partial charge in [-0.05, 0) is 141 Å². The molecule has 0 atom stereocenters. The number of carbonyl (C=O) groups excluding carboxylic acids is 4. The molecule has 0 unspecified atom stereocenters. The van der Waals surface area contributed by atoms with Crippen LogP contribution in [-0.2, 0) is 39.2 Å². The van der Waals surface area contributed by atoms with Gasteiger partial charge in [-0.3, -0.25) is 0 Å². The molecule has 0 N–H and O–H groups in total. The fraction of sp³-hybridized carbons (Fsp3) is 0.571. The third-order valence-electron chi connectivity index (χ3n) is 11.4. The molecule has 14 nitrogen and oxygen atoms in total. The van der Waals surface area contributed by atoms with Crippen LogP contribution in [0.25, 0.3) is 0 Å². The molecule has 73 heavy (non-hydrogen) atoms. The van der Waals surface area contributed by atoms with E-state index in [0.717, 1.165) is 165 Å². The van der Waals surface area contributed by atoms with Crippen molar-refractivity contribution in [2.75, 3.05) is 26.4 Å². The van der Waals surface area contributed by atoms with E-state index in [0.29, 0.717) is 25.7 Å². The van der Waals surface area contributed by atoms with Gasteiger partial charge in [0.15, 0.2) is 0 Å². The molecule has 0 spiro atoms. The fourth-order valence-corrected chi connectivity index (χ4v) is 8.26. The van der Waals surface area contributed by atoms with Crippen molar-refractivity contribution in [1.29, 1.82) is 0 Å². The fourth-order valence-electron chi connectivity index (χ4n) is 7.27. The SMILES string of the molecule is C/C=C/CCCCCCCOC(=O)c1ccc(S(=O)(=O)[O-])cc1C(=O)OCCCCCCC/C=C/C.C/C=C/CCCCCCCOC(=O)c1ccc(S(=O)(=O)[O-])cc1C(=O)OCCCCCCC/C=C/C.[Ca+2]. The molecule has 2 rings (SSSR count). The molecule has 17 heteroatoms. The Kier molecular flexibility index (Phi) is 41.4. The summed E-state index contributed by atoms with van der Waals surface area (Å²) in [5.74, 6) is -3.18. The number of hydrogen-bond donors (Lipinski definition) is 0. The second kappa shape index (κ2) is 43.6. The van der Waals surface area contributed by atoms with Crippen LogP contribution in [0.3, 0.4) is 0 Å². The second-order valence-corrected chi connectivity index (χ2v) is 20.1. The Morgan fingerprint density at radius 3 is 0.822 bits per heavy atom. The van der Waals surface area contributed by atoms with Gasteiger partial charge in [-0.25, -0.2) is 36.0 Å². The van der Waals surface area contributed by atoms with Crippen molar-refractivity contribution in [3.63, 3.8) is 0 Å². The zero-order chi connectivity index (χ0) is 53.3. The molecule has 0 aliphatic rings. The average Bonchev–Trinajstić information content (AvgIpc) is 3.35. The Morgan fingerprint density at radius 1 is 0.370 bits per heavy atom. The van der Waals surface area contributed by atoms with E-state index in [4.69, 9.17) is 18.9 Å². The van der Waals surface area contributed by atoms with Gasteiger partial charge in [-0.1, -0.05) is 126 Å². The first kappa shape index (κ1) is 69.4. The van der Waals surface area contributed by atoms with Gasteiger partial charge in [0, 0.05) is 0 Å². The molecule has 0 bridgehead atoms. The van der Waals surface area contributed by atoms with Crippen molar-refractivity contribution in [1.82, 2.24) is 0 Å². The Hall–Kier alpha value is -3.64. The zero-order valence-electron chi connectivity index (χ0n) is 44.1. The zero-order valence-corrected chi connectivity index (χ0v) is 48.0. The summed E-state index contributed by atoms with van der Waals surface area (Å²) in [6.07, 6.45) is 40.2. The standard InChI is InChI=1S/2C28H42O7S.Ca/c2*1-3-5-7-9-11-13-15-17-21-34-27(29)25-20-19-24(36(31,32)33)23-26(25)28(30)35-22-18-16-14-12-10-8-6-4-2;/h2*3-6,19-20,23H,7-18,21-22H2,1-2H3,(H,31,32,33);/q;;+2/p-2/b2*5-3+,6-4+;. The Bertz CT molecular complexity index is 2060. The van der Waals surface area contributed by atoms with Crippen LogP contribution in [-0.4, -0.2) is 114 Å². The molecular formula is C56H82CaO14S2. The van der Waals surface area contributed by atoms with Crippen LogP contribution in [0.15, 0.2) is 94.8 Å². The summed E-state index contributed by atoms with van der Waals surface area (Å²) in [5, 5.41) is 0. The number of carbonyl (C=O) groups is 4. The Balaban J connectivity index is 0.00000140. The van der Waals surface area contributed by atoms with Crippen molar-refractivity contribution in [2.24, 2.45) is 0 Å². The van der Waals surface area contributed by atoms with Gasteiger partial charge in [0.2, 0.25) is 0 Å². The minimum Gasteiger partial charge on any atom is -0.744 e. The molecule has 0 amide bonds. The van der Waals surface area contributed by atoms with Gasteiger partial charge in [0.25, 0.3) is 0 Å². The van der Waals surface area contributed by atoms with Gasteiger partial charge in [-0.15, -0.1) is 0 Å². The number of hydrogen-bond acceptors (Lipinski definition) is 14. The smallest absolute Gasteiger partial charge is 0.744 e. The predicted octanol–water partition coefficient (Wildman–Crippen LogP) is 13.1. The first-order valence-electron chi connectivity index (χ1n) is 25.9. The van der Waals surface area contributed by atoms with E-state index < -0.39 is 53.9 Å². The first-order chi connectivity index (χ1) is 34.6. The Morgan fingerprint density at radius 2 is 0.589 bits per heavy atom. The van der Waals surface area contributed by atoms with E-state index in [-0.39, 0.29) is 86.4 Å². The maximum absolute atomic E-state index is 12.6. The summed E-state index contributed by atoms with van der Waals surface area (Å²) in [4.78, 5) is 49.3. The van der Waals surface area contributed by atoms with E-state index >= 15 is 0 Å². The molecule has 2 aromatic carbocycles. The van der Waals surface area contributed by atoms with Gasteiger partial charge < -0.3 is 28.1 Å². The third-order valence-corrected chi connectivity index (χ3v) is 13.0. The number of allylic oxidation sites excluding steroid dienone is 8. The van der Waals surface area contributed by atoms with Crippen LogP contribution in [0.4, 0.5) is 0 Å².